The van der Waals surface area contributed by atoms with Crippen molar-refractivity contribution in [3.63, 3.8) is 0 Å². The second kappa shape index (κ2) is 8.62. The number of nitrogens with one attached hydrogen (secondary N) is 2. The fourth-order valence-corrected chi connectivity index (χ4v) is 3.19. The fraction of sp³-hybridized carbons (Fsp3) is 0.350. The molecule has 0 bridgehead atoms. The zero-order valence-corrected chi connectivity index (χ0v) is 14.4. The Morgan fingerprint density at radius 1 is 1.04 bits per heavy atom. The van der Waals surface area contributed by atoms with E-state index in [1.807, 2.05) is 30.3 Å². The summed E-state index contributed by atoms with van der Waals surface area (Å²) in [5.74, 6) is -0.0960. The van der Waals surface area contributed by atoms with Crippen molar-refractivity contribution in [3.8, 4) is 0 Å². The summed E-state index contributed by atoms with van der Waals surface area (Å²) in [6.45, 7) is 4.81. The summed E-state index contributed by atoms with van der Waals surface area (Å²) in [4.78, 5) is 15.7. The standard InChI is InChI=1S/C20H24FN3O/c21-18-6-8-19(9-7-18)24-14-12-23(13-15-24)16-20(25)22-11-10-17-4-2-1-3-5-17/h1-9H,10-16H2,(H,22,25)/p+1. The number of anilines is 1. The van der Waals surface area contributed by atoms with Crippen LogP contribution in [0.4, 0.5) is 10.1 Å². The van der Waals surface area contributed by atoms with Crippen LogP contribution in [0.2, 0.25) is 0 Å². The summed E-state index contributed by atoms with van der Waals surface area (Å²) in [7, 11) is 0. The average Bonchev–Trinajstić information content (AvgIpc) is 2.64. The van der Waals surface area contributed by atoms with E-state index >= 15 is 0 Å². The molecule has 0 unspecified atom stereocenters. The molecule has 1 amide bonds. The molecule has 2 N–H and O–H groups in total. The van der Waals surface area contributed by atoms with Gasteiger partial charge >= 0.3 is 0 Å². The van der Waals surface area contributed by atoms with Crippen molar-refractivity contribution in [1.29, 1.82) is 0 Å². The van der Waals surface area contributed by atoms with E-state index in [1.54, 1.807) is 0 Å². The smallest absolute Gasteiger partial charge is 0.275 e. The predicted molar refractivity (Wildman–Crippen MR) is 97.3 cm³/mol. The minimum absolute atomic E-state index is 0.112. The summed E-state index contributed by atoms with van der Waals surface area (Å²) >= 11 is 0. The number of nitrogens with zero attached hydrogens (tertiary/aromatic N) is 1. The molecule has 3 rings (SSSR count). The van der Waals surface area contributed by atoms with Crippen molar-refractivity contribution < 1.29 is 14.1 Å². The van der Waals surface area contributed by atoms with Gasteiger partial charge in [-0.05, 0) is 36.2 Å². The van der Waals surface area contributed by atoms with Gasteiger partial charge in [-0.1, -0.05) is 30.3 Å². The highest BCUT2D eigenvalue weighted by molar-refractivity contribution is 5.76. The molecule has 4 nitrogen and oxygen atoms in total. The quantitative estimate of drug-likeness (QED) is 0.818. The molecule has 1 heterocycles. The lowest BCUT2D eigenvalue weighted by Crippen LogP contribution is -3.16. The number of amides is 1. The van der Waals surface area contributed by atoms with Crippen LogP contribution in [0, 0.1) is 5.82 Å². The first-order chi connectivity index (χ1) is 12.2. The molecule has 0 radical (unpaired) electrons. The van der Waals surface area contributed by atoms with Gasteiger partial charge in [0.25, 0.3) is 5.91 Å². The first-order valence-corrected chi connectivity index (χ1v) is 8.85. The van der Waals surface area contributed by atoms with Gasteiger partial charge in [-0.2, -0.15) is 0 Å². The van der Waals surface area contributed by atoms with E-state index in [-0.39, 0.29) is 11.7 Å². The maximum Gasteiger partial charge on any atom is 0.275 e. The number of hydrogen-bond donors (Lipinski definition) is 2. The van der Waals surface area contributed by atoms with Crippen LogP contribution in [-0.4, -0.2) is 45.2 Å². The van der Waals surface area contributed by atoms with Crippen LogP contribution < -0.4 is 15.1 Å². The van der Waals surface area contributed by atoms with Gasteiger partial charge in [0.2, 0.25) is 0 Å². The van der Waals surface area contributed by atoms with Crippen LogP contribution in [0.1, 0.15) is 5.56 Å². The van der Waals surface area contributed by atoms with Crippen molar-refractivity contribution in [2.45, 2.75) is 6.42 Å². The first-order valence-electron chi connectivity index (χ1n) is 8.85. The summed E-state index contributed by atoms with van der Waals surface area (Å²) in [6.07, 6.45) is 0.861. The largest absolute Gasteiger partial charge is 0.360 e. The molecule has 2 aromatic rings. The Morgan fingerprint density at radius 2 is 1.72 bits per heavy atom. The highest BCUT2D eigenvalue weighted by atomic mass is 19.1. The van der Waals surface area contributed by atoms with E-state index in [2.05, 4.69) is 22.3 Å². The van der Waals surface area contributed by atoms with Crippen LogP contribution in [-0.2, 0) is 11.2 Å². The number of carbonyl (C=O) groups is 1. The van der Waals surface area contributed by atoms with Gasteiger partial charge in [0.05, 0.1) is 26.2 Å². The maximum absolute atomic E-state index is 13.0. The Bertz CT molecular complexity index is 667. The molecule has 1 aliphatic heterocycles. The van der Waals surface area contributed by atoms with Gasteiger partial charge in [-0.3, -0.25) is 4.79 Å². The normalized spacial score (nSPS) is 15.2. The second-order valence-electron chi connectivity index (χ2n) is 6.48. The Morgan fingerprint density at radius 3 is 2.40 bits per heavy atom. The summed E-state index contributed by atoms with van der Waals surface area (Å²) in [5.41, 5.74) is 2.29. The monoisotopic (exact) mass is 342 g/mol. The Balaban J connectivity index is 1.37. The van der Waals surface area contributed by atoms with E-state index in [4.69, 9.17) is 0 Å². The third kappa shape index (κ3) is 5.29. The Labute approximate surface area is 148 Å². The van der Waals surface area contributed by atoms with Gasteiger partial charge in [0.15, 0.2) is 6.54 Å². The minimum atomic E-state index is -0.208. The van der Waals surface area contributed by atoms with E-state index in [0.29, 0.717) is 13.1 Å². The third-order valence-corrected chi connectivity index (χ3v) is 4.65. The fourth-order valence-electron chi connectivity index (χ4n) is 3.19. The molecule has 132 valence electrons. The van der Waals surface area contributed by atoms with Crippen molar-refractivity contribution in [3.05, 3.63) is 66.0 Å². The number of quaternary nitrogens is 1. The maximum atomic E-state index is 13.0. The highest BCUT2D eigenvalue weighted by Gasteiger charge is 2.22. The number of hydrogen-bond acceptors (Lipinski definition) is 2. The molecule has 25 heavy (non-hydrogen) atoms. The highest BCUT2D eigenvalue weighted by Crippen LogP contribution is 2.14. The number of piperazine rings is 1. The minimum Gasteiger partial charge on any atom is -0.360 e. The zero-order chi connectivity index (χ0) is 17.5. The van der Waals surface area contributed by atoms with Crippen molar-refractivity contribution in [2.24, 2.45) is 0 Å². The molecule has 2 aromatic carbocycles. The molecular formula is C20H25FN3O+. The first kappa shape index (κ1) is 17.4. The Hall–Kier alpha value is -2.40. The van der Waals surface area contributed by atoms with Crippen LogP contribution in [0.5, 0.6) is 0 Å². The van der Waals surface area contributed by atoms with Crippen LogP contribution >= 0.6 is 0 Å². The van der Waals surface area contributed by atoms with Gasteiger partial charge in [-0.15, -0.1) is 0 Å². The lowest BCUT2D eigenvalue weighted by atomic mass is 10.1. The summed E-state index contributed by atoms with van der Waals surface area (Å²) in [6, 6.07) is 16.8. The topological polar surface area (TPSA) is 36.8 Å². The molecule has 1 fully saturated rings. The number of carbonyl (C=O) groups excluding carboxylic acids is 1. The van der Waals surface area contributed by atoms with Gasteiger partial charge < -0.3 is 15.1 Å². The van der Waals surface area contributed by atoms with Crippen LogP contribution in [0.15, 0.2) is 54.6 Å². The van der Waals surface area contributed by atoms with Gasteiger partial charge in [0, 0.05) is 12.2 Å². The third-order valence-electron chi connectivity index (χ3n) is 4.65. The second-order valence-corrected chi connectivity index (χ2v) is 6.48. The number of benzene rings is 2. The lowest BCUT2D eigenvalue weighted by molar-refractivity contribution is -0.892. The SMILES string of the molecule is O=C(C[NH+]1CCN(c2ccc(F)cc2)CC1)NCCc1ccccc1. The molecule has 0 aromatic heterocycles. The Kier molecular flexibility index (Phi) is 6.01. The molecule has 0 saturated carbocycles. The molecule has 1 aliphatic rings. The number of rotatable bonds is 6. The zero-order valence-electron chi connectivity index (χ0n) is 14.4. The van der Waals surface area contributed by atoms with Crippen LogP contribution in [0.25, 0.3) is 0 Å². The van der Waals surface area contributed by atoms with Crippen molar-refractivity contribution in [1.82, 2.24) is 5.32 Å². The predicted octanol–water partition coefficient (Wildman–Crippen LogP) is 0.890. The molecule has 0 atom stereocenters. The molecule has 0 aliphatic carbocycles. The van der Waals surface area contributed by atoms with E-state index in [0.717, 1.165) is 38.3 Å². The van der Waals surface area contributed by atoms with Gasteiger partial charge in [0.1, 0.15) is 5.82 Å². The molecule has 0 spiro atoms. The van der Waals surface area contributed by atoms with Gasteiger partial charge in [-0.25, -0.2) is 4.39 Å². The summed E-state index contributed by atoms with van der Waals surface area (Å²) < 4.78 is 13.0. The van der Waals surface area contributed by atoms with Crippen molar-refractivity contribution in [2.75, 3.05) is 44.2 Å². The van der Waals surface area contributed by atoms with Crippen LogP contribution in [0.3, 0.4) is 0 Å². The van der Waals surface area contributed by atoms with Crippen molar-refractivity contribution >= 4 is 11.6 Å². The van der Waals surface area contributed by atoms with E-state index in [1.165, 1.54) is 22.6 Å². The molecule has 1 saturated heterocycles. The summed E-state index contributed by atoms with van der Waals surface area (Å²) in [5, 5.41) is 3.01. The molecule has 5 heteroatoms. The lowest BCUT2D eigenvalue weighted by Gasteiger charge is -2.33. The van der Waals surface area contributed by atoms with E-state index in [9.17, 15) is 9.18 Å². The average molecular weight is 342 g/mol. The molecular weight excluding hydrogens is 317 g/mol. The number of halogens is 1. The van der Waals surface area contributed by atoms with E-state index < -0.39 is 0 Å².